The third kappa shape index (κ3) is 4.50. The van der Waals surface area contributed by atoms with Crippen LogP contribution in [0.4, 0.5) is 0 Å². The average molecular weight is 487 g/mol. The Kier molecular flexibility index (Phi) is 6.23. The van der Waals surface area contributed by atoms with Gasteiger partial charge in [0.1, 0.15) is 5.75 Å². The smallest absolute Gasteiger partial charge is 0.196 e. The average Bonchev–Trinajstić information content (AvgIpc) is 3.17. The molecule has 0 aliphatic heterocycles. The predicted octanol–water partition coefficient (Wildman–Crippen LogP) is 6.65. The van der Waals surface area contributed by atoms with E-state index in [9.17, 15) is 0 Å². The largest absolute Gasteiger partial charge is 0.496 e. The first-order chi connectivity index (χ1) is 14.2. The molecule has 0 fully saturated rings. The molecule has 0 unspecified atom stereocenters. The predicted molar refractivity (Wildman–Crippen MR) is 122 cm³/mol. The summed E-state index contributed by atoms with van der Waals surface area (Å²) in [6, 6.07) is 23.8. The zero-order valence-electron chi connectivity index (χ0n) is 15.5. The molecule has 1 heterocycles. The van der Waals surface area contributed by atoms with Gasteiger partial charge in [0.2, 0.25) is 0 Å². The number of ether oxygens (including phenoxy) is 1. The maximum atomic E-state index is 6.10. The number of halogens is 2. The lowest BCUT2D eigenvalue weighted by molar-refractivity contribution is 0.416. The first kappa shape index (κ1) is 20.0. The van der Waals surface area contributed by atoms with Gasteiger partial charge in [-0.2, -0.15) is 0 Å². The van der Waals surface area contributed by atoms with E-state index in [1.165, 1.54) is 5.56 Å². The molecule has 29 heavy (non-hydrogen) atoms. The molecule has 0 atom stereocenters. The Morgan fingerprint density at radius 1 is 0.966 bits per heavy atom. The van der Waals surface area contributed by atoms with Gasteiger partial charge in [0, 0.05) is 20.9 Å². The lowest BCUT2D eigenvalue weighted by Gasteiger charge is -2.12. The number of methoxy groups -OCH3 is 1. The van der Waals surface area contributed by atoms with Crippen LogP contribution < -0.4 is 4.74 Å². The third-order valence-electron chi connectivity index (χ3n) is 4.35. The number of aromatic nitrogens is 3. The summed E-state index contributed by atoms with van der Waals surface area (Å²) in [5.74, 6) is 2.26. The fraction of sp³-hybridized carbons (Fsp3) is 0.0909. The standard InChI is InChI=1S/C22H17BrClN3OS/c1-28-20-5-3-2-4-19(20)21-25-26-22(27(21)18-12-10-17(24)11-13-18)29-14-15-6-8-16(23)9-7-15/h2-13H,14H2,1H3. The first-order valence-corrected chi connectivity index (χ1v) is 11.0. The van der Waals surface area contributed by atoms with E-state index in [0.29, 0.717) is 5.02 Å². The van der Waals surface area contributed by atoms with Crippen molar-refractivity contribution >= 4 is 39.3 Å². The van der Waals surface area contributed by atoms with Gasteiger partial charge in [0.05, 0.1) is 12.7 Å². The fourth-order valence-electron chi connectivity index (χ4n) is 2.92. The normalized spacial score (nSPS) is 10.9. The van der Waals surface area contributed by atoms with Gasteiger partial charge in [-0.05, 0) is 54.1 Å². The van der Waals surface area contributed by atoms with Crippen LogP contribution in [0.25, 0.3) is 17.1 Å². The molecular formula is C22H17BrClN3OS. The summed E-state index contributed by atoms with van der Waals surface area (Å²) < 4.78 is 8.65. The molecule has 7 heteroatoms. The number of nitrogens with zero attached hydrogens (tertiary/aromatic N) is 3. The zero-order chi connectivity index (χ0) is 20.2. The van der Waals surface area contributed by atoms with Gasteiger partial charge >= 0.3 is 0 Å². The van der Waals surface area contributed by atoms with Crippen molar-refractivity contribution < 1.29 is 4.74 Å². The van der Waals surface area contributed by atoms with Crippen molar-refractivity contribution in [2.45, 2.75) is 10.9 Å². The number of hydrogen-bond acceptors (Lipinski definition) is 4. The molecule has 4 aromatic rings. The van der Waals surface area contributed by atoms with Crippen molar-refractivity contribution in [2.75, 3.05) is 7.11 Å². The van der Waals surface area contributed by atoms with E-state index < -0.39 is 0 Å². The second kappa shape index (κ2) is 9.03. The van der Waals surface area contributed by atoms with Gasteiger partial charge in [-0.25, -0.2) is 0 Å². The fourth-order valence-corrected chi connectivity index (χ4v) is 4.22. The zero-order valence-corrected chi connectivity index (χ0v) is 18.7. The van der Waals surface area contributed by atoms with Crippen LogP contribution in [-0.2, 0) is 5.75 Å². The maximum absolute atomic E-state index is 6.10. The Balaban J connectivity index is 1.76. The monoisotopic (exact) mass is 485 g/mol. The molecule has 0 saturated carbocycles. The molecule has 0 aliphatic rings. The van der Waals surface area contributed by atoms with Gasteiger partial charge in [0.25, 0.3) is 0 Å². The van der Waals surface area contributed by atoms with Crippen molar-refractivity contribution in [2.24, 2.45) is 0 Å². The maximum Gasteiger partial charge on any atom is 0.196 e. The van der Waals surface area contributed by atoms with Crippen molar-refractivity contribution in [3.05, 3.63) is 87.9 Å². The Morgan fingerprint density at radius 2 is 1.69 bits per heavy atom. The van der Waals surface area contributed by atoms with E-state index in [1.54, 1.807) is 18.9 Å². The summed E-state index contributed by atoms with van der Waals surface area (Å²) >= 11 is 11.2. The summed E-state index contributed by atoms with van der Waals surface area (Å²) in [6.07, 6.45) is 0. The van der Waals surface area contributed by atoms with Gasteiger partial charge in [-0.1, -0.05) is 63.6 Å². The lowest BCUT2D eigenvalue weighted by atomic mass is 10.2. The van der Waals surface area contributed by atoms with Crippen LogP contribution in [0, 0.1) is 0 Å². The lowest BCUT2D eigenvalue weighted by Crippen LogP contribution is -2.01. The molecule has 0 N–H and O–H groups in total. The second-order valence-electron chi connectivity index (χ2n) is 6.23. The SMILES string of the molecule is COc1ccccc1-c1nnc(SCc2ccc(Br)cc2)n1-c1ccc(Cl)cc1. The summed E-state index contributed by atoms with van der Waals surface area (Å²) in [4.78, 5) is 0. The Labute approximate surface area is 187 Å². The highest BCUT2D eigenvalue weighted by Gasteiger charge is 2.19. The van der Waals surface area contributed by atoms with Gasteiger partial charge < -0.3 is 4.74 Å². The summed E-state index contributed by atoms with van der Waals surface area (Å²) in [5, 5.41) is 10.5. The van der Waals surface area contributed by atoms with E-state index in [2.05, 4.69) is 38.3 Å². The summed E-state index contributed by atoms with van der Waals surface area (Å²) in [5.41, 5.74) is 3.04. The van der Waals surface area contributed by atoms with E-state index in [0.717, 1.165) is 38.2 Å². The van der Waals surface area contributed by atoms with Crippen LogP contribution in [0.15, 0.2) is 82.4 Å². The highest BCUT2D eigenvalue weighted by Crippen LogP contribution is 2.34. The Morgan fingerprint density at radius 3 is 2.41 bits per heavy atom. The molecule has 1 aromatic heterocycles. The van der Waals surface area contributed by atoms with Crippen molar-refractivity contribution in [3.63, 3.8) is 0 Å². The number of thioether (sulfide) groups is 1. The number of rotatable bonds is 6. The first-order valence-electron chi connectivity index (χ1n) is 8.87. The van der Waals surface area contributed by atoms with Crippen LogP contribution in [-0.4, -0.2) is 21.9 Å². The quantitative estimate of drug-likeness (QED) is 0.286. The van der Waals surface area contributed by atoms with E-state index in [-0.39, 0.29) is 0 Å². The van der Waals surface area contributed by atoms with E-state index in [1.807, 2.05) is 65.2 Å². The molecule has 0 spiro atoms. The number of hydrogen-bond donors (Lipinski definition) is 0. The minimum absolute atomic E-state index is 0.685. The van der Waals surface area contributed by atoms with Crippen LogP contribution in [0.1, 0.15) is 5.56 Å². The van der Waals surface area contributed by atoms with Gasteiger partial charge in [-0.3, -0.25) is 4.57 Å². The third-order valence-corrected chi connectivity index (χ3v) is 6.13. The van der Waals surface area contributed by atoms with Gasteiger partial charge in [0.15, 0.2) is 11.0 Å². The molecule has 0 radical (unpaired) electrons. The molecule has 3 aromatic carbocycles. The van der Waals surface area contributed by atoms with Crippen LogP contribution >= 0.6 is 39.3 Å². The molecule has 146 valence electrons. The highest BCUT2D eigenvalue weighted by atomic mass is 79.9. The second-order valence-corrected chi connectivity index (χ2v) is 8.53. The van der Waals surface area contributed by atoms with E-state index >= 15 is 0 Å². The van der Waals surface area contributed by atoms with Crippen molar-refractivity contribution in [3.8, 4) is 22.8 Å². The van der Waals surface area contributed by atoms with Crippen molar-refractivity contribution in [1.29, 1.82) is 0 Å². The Hall–Kier alpha value is -2.28. The molecule has 0 saturated heterocycles. The topological polar surface area (TPSA) is 39.9 Å². The minimum Gasteiger partial charge on any atom is -0.496 e. The van der Waals surface area contributed by atoms with Crippen LogP contribution in [0.2, 0.25) is 5.02 Å². The van der Waals surface area contributed by atoms with Crippen LogP contribution in [0.5, 0.6) is 5.75 Å². The Bertz CT molecular complexity index is 1110. The molecule has 0 bridgehead atoms. The van der Waals surface area contributed by atoms with E-state index in [4.69, 9.17) is 16.3 Å². The molecule has 4 nitrogen and oxygen atoms in total. The summed E-state index contributed by atoms with van der Waals surface area (Å²) in [6.45, 7) is 0. The summed E-state index contributed by atoms with van der Waals surface area (Å²) in [7, 11) is 1.66. The molecule has 0 amide bonds. The minimum atomic E-state index is 0.685. The number of benzene rings is 3. The van der Waals surface area contributed by atoms with Crippen molar-refractivity contribution in [1.82, 2.24) is 14.8 Å². The molecular weight excluding hydrogens is 470 g/mol. The highest BCUT2D eigenvalue weighted by molar-refractivity contribution is 9.10. The van der Waals surface area contributed by atoms with Crippen LogP contribution in [0.3, 0.4) is 0 Å². The molecule has 4 rings (SSSR count). The number of para-hydroxylation sites is 1. The van der Waals surface area contributed by atoms with Gasteiger partial charge in [-0.15, -0.1) is 10.2 Å². The molecule has 0 aliphatic carbocycles.